The molecule has 0 aliphatic carbocycles. The maximum absolute atomic E-state index is 13.2. The van der Waals surface area contributed by atoms with Gasteiger partial charge < -0.3 is 4.57 Å². The van der Waals surface area contributed by atoms with Gasteiger partial charge in [0, 0.05) is 41.3 Å². The van der Waals surface area contributed by atoms with E-state index in [0.29, 0.717) is 18.7 Å². The standard InChI is InChI=1S/C28H26ClN3O2S/c1-20-28(26-7-2-3-8-27(26)32(20)19-21-9-11-24(29)12-10-21)23-13-15-31(16-14-23)35(33,34)25-6-4-5-22(17-25)18-30/h2-12,17,23H,13-16,19H2,1H3. The number of hydrogen-bond donors (Lipinski definition) is 0. The van der Waals surface area contributed by atoms with Gasteiger partial charge in [-0.3, -0.25) is 0 Å². The van der Waals surface area contributed by atoms with Gasteiger partial charge in [0.2, 0.25) is 10.0 Å². The maximum Gasteiger partial charge on any atom is 0.243 e. The molecule has 0 radical (unpaired) electrons. The van der Waals surface area contributed by atoms with E-state index in [1.54, 1.807) is 22.5 Å². The smallest absolute Gasteiger partial charge is 0.243 e. The van der Waals surface area contributed by atoms with Crippen LogP contribution >= 0.6 is 11.6 Å². The van der Waals surface area contributed by atoms with Crippen molar-refractivity contribution in [2.45, 2.75) is 37.1 Å². The highest BCUT2D eigenvalue weighted by molar-refractivity contribution is 7.89. The summed E-state index contributed by atoms with van der Waals surface area (Å²) >= 11 is 6.08. The van der Waals surface area contributed by atoms with Crippen molar-refractivity contribution < 1.29 is 8.42 Å². The Morgan fingerprint density at radius 1 is 1.00 bits per heavy atom. The predicted octanol–water partition coefficient (Wildman–Crippen LogP) is 6.09. The summed E-state index contributed by atoms with van der Waals surface area (Å²) in [5.41, 5.74) is 5.27. The minimum atomic E-state index is -3.63. The first-order chi connectivity index (χ1) is 16.9. The lowest BCUT2D eigenvalue weighted by atomic mass is 9.88. The number of para-hydroxylation sites is 1. The number of aromatic nitrogens is 1. The van der Waals surface area contributed by atoms with Gasteiger partial charge in [-0.15, -0.1) is 0 Å². The Hall–Kier alpha value is -3.11. The highest BCUT2D eigenvalue weighted by atomic mass is 35.5. The summed E-state index contributed by atoms with van der Waals surface area (Å²) in [7, 11) is -3.63. The Bertz CT molecular complexity index is 1530. The van der Waals surface area contributed by atoms with E-state index < -0.39 is 10.0 Å². The second-order valence-electron chi connectivity index (χ2n) is 9.05. The Morgan fingerprint density at radius 2 is 1.71 bits per heavy atom. The summed E-state index contributed by atoms with van der Waals surface area (Å²) in [5, 5.41) is 11.1. The first kappa shape index (κ1) is 23.6. The molecular weight excluding hydrogens is 478 g/mol. The van der Waals surface area contributed by atoms with Crippen LogP contribution in [0, 0.1) is 18.3 Å². The first-order valence-corrected chi connectivity index (χ1v) is 13.5. The number of sulfonamides is 1. The number of halogens is 1. The summed E-state index contributed by atoms with van der Waals surface area (Å²) in [5.74, 6) is 0.281. The Morgan fingerprint density at radius 3 is 2.43 bits per heavy atom. The van der Waals surface area contributed by atoms with Crippen molar-refractivity contribution in [2.24, 2.45) is 0 Å². The van der Waals surface area contributed by atoms with Gasteiger partial charge in [-0.2, -0.15) is 9.57 Å². The molecular formula is C28H26ClN3O2S. The van der Waals surface area contributed by atoms with Gasteiger partial charge >= 0.3 is 0 Å². The largest absolute Gasteiger partial charge is 0.340 e. The average molecular weight is 504 g/mol. The van der Waals surface area contributed by atoms with E-state index in [4.69, 9.17) is 16.9 Å². The minimum absolute atomic E-state index is 0.186. The van der Waals surface area contributed by atoms with Crippen molar-refractivity contribution in [2.75, 3.05) is 13.1 Å². The molecule has 0 unspecified atom stereocenters. The van der Waals surface area contributed by atoms with Gasteiger partial charge in [-0.1, -0.05) is 48.0 Å². The third-order valence-corrected chi connectivity index (χ3v) is 9.14. The van der Waals surface area contributed by atoms with E-state index in [-0.39, 0.29) is 10.8 Å². The Balaban J connectivity index is 1.42. The van der Waals surface area contributed by atoms with E-state index in [0.717, 1.165) is 24.4 Å². The van der Waals surface area contributed by atoms with Gasteiger partial charge in [0.15, 0.2) is 0 Å². The summed E-state index contributed by atoms with van der Waals surface area (Å²) in [6.45, 7) is 3.84. The fourth-order valence-corrected chi connectivity index (χ4v) is 6.85. The normalized spacial score (nSPS) is 15.3. The van der Waals surface area contributed by atoms with Crippen LogP contribution in [0.2, 0.25) is 5.02 Å². The van der Waals surface area contributed by atoms with Crippen LogP contribution in [-0.4, -0.2) is 30.4 Å². The van der Waals surface area contributed by atoms with E-state index in [1.165, 1.54) is 33.8 Å². The van der Waals surface area contributed by atoms with Crippen molar-refractivity contribution >= 4 is 32.5 Å². The molecule has 1 aromatic heterocycles. The quantitative estimate of drug-likeness (QED) is 0.331. The van der Waals surface area contributed by atoms with Gasteiger partial charge in [-0.25, -0.2) is 8.42 Å². The van der Waals surface area contributed by atoms with Crippen LogP contribution in [0.5, 0.6) is 0 Å². The summed E-state index contributed by atoms with van der Waals surface area (Å²) in [4.78, 5) is 0.186. The first-order valence-electron chi connectivity index (χ1n) is 11.7. The fraction of sp³-hybridized carbons (Fsp3) is 0.250. The zero-order valence-corrected chi connectivity index (χ0v) is 21.1. The van der Waals surface area contributed by atoms with Crippen molar-refractivity contribution in [1.29, 1.82) is 5.26 Å². The zero-order chi connectivity index (χ0) is 24.6. The highest BCUT2D eigenvalue weighted by Gasteiger charge is 2.32. The molecule has 1 aliphatic heterocycles. The molecule has 1 fully saturated rings. The molecule has 0 saturated carbocycles. The van der Waals surface area contributed by atoms with Gasteiger partial charge in [0.25, 0.3) is 0 Å². The van der Waals surface area contributed by atoms with Crippen LogP contribution in [0.25, 0.3) is 10.9 Å². The molecule has 7 heteroatoms. The molecule has 178 valence electrons. The van der Waals surface area contributed by atoms with Crippen LogP contribution in [0.4, 0.5) is 0 Å². The van der Waals surface area contributed by atoms with Crippen molar-refractivity contribution in [3.63, 3.8) is 0 Å². The van der Waals surface area contributed by atoms with E-state index >= 15 is 0 Å². The minimum Gasteiger partial charge on any atom is -0.340 e. The molecule has 1 aliphatic rings. The van der Waals surface area contributed by atoms with Gasteiger partial charge in [0.05, 0.1) is 16.5 Å². The molecule has 0 bridgehead atoms. The third kappa shape index (κ3) is 4.48. The van der Waals surface area contributed by atoms with Crippen LogP contribution < -0.4 is 0 Å². The molecule has 1 saturated heterocycles. The van der Waals surface area contributed by atoms with Crippen LogP contribution in [-0.2, 0) is 16.6 Å². The van der Waals surface area contributed by atoms with Crippen LogP contribution in [0.1, 0.15) is 41.1 Å². The zero-order valence-electron chi connectivity index (χ0n) is 19.5. The Kier molecular flexibility index (Phi) is 6.41. The number of nitriles is 1. The van der Waals surface area contributed by atoms with E-state index in [9.17, 15) is 8.42 Å². The SMILES string of the molecule is Cc1c(C2CCN(S(=O)(=O)c3cccc(C#N)c3)CC2)c2ccccc2n1Cc1ccc(Cl)cc1. The molecule has 2 heterocycles. The molecule has 4 aromatic rings. The summed E-state index contributed by atoms with van der Waals surface area (Å²) in [6.07, 6.45) is 1.51. The maximum atomic E-state index is 13.2. The van der Waals surface area contributed by atoms with Gasteiger partial charge in [0.1, 0.15) is 0 Å². The average Bonchev–Trinajstić information content (AvgIpc) is 3.16. The number of rotatable bonds is 5. The number of benzene rings is 3. The van der Waals surface area contributed by atoms with Gasteiger partial charge in [-0.05, 0) is 73.2 Å². The molecule has 35 heavy (non-hydrogen) atoms. The number of piperidine rings is 1. The summed E-state index contributed by atoms with van der Waals surface area (Å²) < 4.78 is 30.3. The highest BCUT2D eigenvalue weighted by Crippen LogP contribution is 2.38. The molecule has 0 amide bonds. The number of nitrogens with zero attached hydrogens (tertiary/aromatic N) is 3. The lowest BCUT2D eigenvalue weighted by Gasteiger charge is -2.31. The summed E-state index contributed by atoms with van der Waals surface area (Å²) in [6, 6.07) is 24.7. The molecule has 0 atom stereocenters. The predicted molar refractivity (Wildman–Crippen MR) is 139 cm³/mol. The van der Waals surface area contributed by atoms with Crippen molar-refractivity contribution in [3.05, 3.63) is 100 Å². The topological polar surface area (TPSA) is 66.1 Å². The third-order valence-electron chi connectivity index (χ3n) is 7.00. The second-order valence-corrected chi connectivity index (χ2v) is 11.4. The molecule has 0 spiro atoms. The van der Waals surface area contributed by atoms with Crippen LogP contribution in [0.3, 0.4) is 0 Å². The molecule has 5 nitrogen and oxygen atoms in total. The number of hydrogen-bond acceptors (Lipinski definition) is 3. The fourth-order valence-electron chi connectivity index (χ4n) is 5.21. The van der Waals surface area contributed by atoms with E-state index in [2.05, 4.69) is 47.9 Å². The molecule has 0 N–H and O–H groups in total. The van der Waals surface area contributed by atoms with Crippen LogP contribution in [0.15, 0.2) is 77.7 Å². The lowest BCUT2D eigenvalue weighted by molar-refractivity contribution is 0.319. The molecule has 3 aromatic carbocycles. The second kappa shape index (κ2) is 9.50. The monoisotopic (exact) mass is 503 g/mol. The van der Waals surface area contributed by atoms with Crippen molar-refractivity contribution in [3.8, 4) is 6.07 Å². The molecule has 5 rings (SSSR count). The lowest BCUT2D eigenvalue weighted by Crippen LogP contribution is -2.38. The van der Waals surface area contributed by atoms with Crippen molar-refractivity contribution in [1.82, 2.24) is 8.87 Å². The number of fused-ring (bicyclic) bond motifs is 1. The van der Waals surface area contributed by atoms with E-state index in [1.807, 2.05) is 18.2 Å². The Labute approximate surface area is 211 Å².